The van der Waals surface area contributed by atoms with E-state index in [1.54, 1.807) is 12.1 Å². The van der Waals surface area contributed by atoms with Crippen molar-refractivity contribution in [3.05, 3.63) is 59.7 Å². The molecule has 0 bridgehead atoms. The van der Waals surface area contributed by atoms with E-state index >= 15 is 0 Å². The highest BCUT2D eigenvalue weighted by molar-refractivity contribution is 6.00. The van der Waals surface area contributed by atoms with E-state index in [2.05, 4.69) is 43.4 Å². The minimum atomic E-state index is -0.785. The van der Waals surface area contributed by atoms with Crippen LogP contribution in [0.5, 0.6) is 5.75 Å². The van der Waals surface area contributed by atoms with Gasteiger partial charge in [0.15, 0.2) is 6.10 Å². The fraction of sp³-hybridized carbons (Fsp3) is 0.391. The third-order valence-electron chi connectivity index (χ3n) is 5.37. The first-order valence-corrected chi connectivity index (χ1v) is 9.96. The maximum absolute atomic E-state index is 13.0. The number of nitrogens with one attached hydrogen (secondary N) is 1. The minimum Gasteiger partial charge on any atom is -0.478 e. The molecule has 146 valence electrons. The summed E-state index contributed by atoms with van der Waals surface area (Å²) in [6.07, 6.45) is 1.32. The summed E-state index contributed by atoms with van der Waals surface area (Å²) < 4.78 is 5.80. The van der Waals surface area contributed by atoms with Crippen molar-refractivity contribution in [2.45, 2.75) is 57.7 Å². The van der Waals surface area contributed by atoms with Crippen LogP contribution < -0.4 is 10.1 Å². The number of para-hydroxylation sites is 2. The predicted octanol–water partition coefficient (Wildman–Crippen LogP) is 4.09. The number of carbonyl (C=O) groups is 2. The SMILES string of the molecule is CC(C)c1ccc(CN(C(=O)C[C@@H]2Oc3ccccc3NC2=O)C2CC2)cc1. The average Bonchev–Trinajstić information content (AvgIpc) is 3.52. The number of ether oxygens (including phenoxy) is 1. The molecule has 0 unspecified atom stereocenters. The van der Waals surface area contributed by atoms with E-state index in [1.165, 1.54) is 5.56 Å². The second-order valence-corrected chi connectivity index (χ2v) is 7.95. The second-order valence-electron chi connectivity index (χ2n) is 7.95. The molecule has 0 radical (unpaired) electrons. The van der Waals surface area contributed by atoms with Gasteiger partial charge in [0.2, 0.25) is 5.91 Å². The summed E-state index contributed by atoms with van der Waals surface area (Å²) in [5, 5.41) is 2.83. The van der Waals surface area contributed by atoms with Crippen LogP contribution in [-0.2, 0) is 16.1 Å². The average molecular weight is 378 g/mol. The molecular formula is C23H26N2O3. The largest absolute Gasteiger partial charge is 0.478 e. The van der Waals surface area contributed by atoms with Gasteiger partial charge in [-0.2, -0.15) is 0 Å². The van der Waals surface area contributed by atoms with Crippen LogP contribution in [0.2, 0.25) is 0 Å². The summed E-state index contributed by atoms with van der Waals surface area (Å²) in [5.74, 6) is 0.807. The Bertz CT molecular complexity index is 872. The van der Waals surface area contributed by atoms with Gasteiger partial charge in [0.05, 0.1) is 12.1 Å². The fourth-order valence-corrected chi connectivity index (χ4v) is 3.51. The van der Waals surface area contributed by atoms with Crippen LogP contribution in [0.25, 0.3) is 0 Å². The van der Waals surface area contributed by atoms with E-state index < -0.39 is 6.10 Å². The number of amides is 2. The zero-order valence-electron chi connectivity index (χ0n) is 16.4. The van der Waals surface area contributed by atoms with Crippen LogP contribution >= 0.6 is 0 Å². The van der Waals surface area contributed by atoms with E-state index in [-0.39, 0.29) is 24.3 Å². The summed E-state index contributed by atoms with van der Waals surface area (Å²) in [5.41, 5.74) is 3.06. The normalized spacial score (nSPS) is 18.2. The van der Waals surface area contributed by atoms with Crippen LogP contribution in [0.1, 0.15) is 50.2 Å². The number of fused-ring (bicyclic) bond motifs is 1. The molecule has 2 aromatic rings. The Hall–Kier alpha value is -2.82. The molecule has 5 heteroatoms. The van der Waals surface area contributed by atoms with E-state index in [1.807, 2.05) is 17.0 Å². The Labute approximate surface area is 165 Å². The fourth-order valence-electron chi connectivity index (χ4n) is 3.51. The molecule has 1 fully saturated rings. The Balaban J connectivity index is 1.44. The summed E-state index contributed by atoms with van der Waals surface area (Å²) in [7, 11) is 0. The Kier molecular flexibility index (Phi) is 5.07. The monoisotopic (exact) mass is 378 g/mol. The smallest absolute Gasteiger partial charge is 0.266 e. The predicted molar refractivity (Wildman–Crippen MR) is 108 cm³/mol. The lowest BCUT2D eigenvalue weighted by atomic mass is 10.0. The lowest BCUT2D eigenvalue weighted by molar-refractivity contribution is -0.138. The summed E-state index contributed by atoms with van der Waals surface area (Å²) >= 11 is 0. The molecule has 28 heavy (non-hydrogen) atoms. The Morgan fingerprint density at radius 1 is 1.14 bits per heavy atom. The van der Waals surface area contributed by atoms with Crippen molar-refractivity contribution in [2.75, 3.05) is 5.32 Å². The number of nitrogens with zero attached hydrogens (tertiary/aromatic N) is 1. The van der Waals surface area contributed by atoms with Crippen LogP contribution in [-0.4, -0.2) is 28.9 Å². The van der Waals surface area contributed by atoms with E-state index in [9.17, 15) is 9.59 Å². The zero-order valence-corrected chi connectivity index (χ0v) is 16.4. The molecule has 1 saturated carbocycles. The van der Waals surface area contributed by atoms with E-state index in [4.69, 9.17) is 4.74 Å². The van der Waals surface area contributed by atoms with E-state index in [0.29, 0.717) is 23.9 Å². The molecule has 0 aromatic heterocycles. The van der Waals surface area contributed by atoms with Gasteiger partial charge in [0.25, 0.3) is 5.91 Å². The quantitative estimate of drug-likeness (QED) is 0.824. The van der Waals surface area contributed by atoms with Crippen LogP contribution in [0.15, 0.2) is 48.5 Å². The number of hydrogen-bond donors (Lipinski definition) is 1. The molecule has 1 heterocycles. The van der Waals surface area contributed by atoms with Crippen LogP contribution in [0, 0.1) is 0 Å². The standard InChI is InChI=1S/C23H26N2O3/c1-15(2)17-9-7-16(8-10-17)14-25(18-11-12-18)22(26)13-21-23(27)24-19-5-3-4-6-20(19)28-21/h3-10,15,18,21H,11-14H2,1-2H3,(H,24,27)/t21-/m0/s1. The third-order valence-corrected chi connectivity index (χ3v) is 5.37. The van der Waals surface area contributed by atoms with Crippen molar-refractivity contribution in [1.29, 1.82) is 0 Å². The van der Waals surface area contributed by atoms with Crippen molar-refractivity contribution >= 4 is 17.5 Å². The van der Waals surface area contributed by atoms with Gasteiger partial charge in [-0.05, 0) is 42.0 Å². The Morgan fingerprint density at radius 3 is 2.54 bits per heavy atom. The zero-order chi connectivity index (χ0) is 19.7. The highest BCUT2D eigenvalue weighted by atomic mass is 16.5. The molecule has 2 amide bonds. The highest BCUT2D eigenvalue weighted by Gasteiger charge is 2.36. The van der Waals surface area contributed by atoms with Crippen molar-refractivity contribution in [1.82, 2.24) is 4.90 Å². The van der Waals surface area contributed by atoms with Crippen LogP contribution in [0.4, 0.5) is 5.69 Å². The number of hydrogen-bond acceptors (Lipinski definition) is 3. The Morgan fingerprint density at radius 2 is 1.86 bits per heavy atom. The molecule has 0 spiro atoms. The van der Waals surface area contributed by atoms with Gasteiger partial charge in [-0.15, -0.1) is 0 Å². The molecule has 1 aliphatic carbocycles. The lowest BCUT2D eigenvalue weighted by Crippen LogP contribution is -2.42. The van der Waals surface area contributed by atoms with Crippen molar-refractivity contribution in [3.8, 4) is 5.75 Å². The molecule has 5 nitrogen and oxygen atoms in total. The first-order chi connectivity index (χ1) is 13.5. The van der Waals surface area contributed by atoms with Gasteiger partial charge in [-0.1, -0.05) is 50.2 Å². The van der Waals surface area contributed by atoms with Crippen LogP contribution in [0.3, 0.4) is 0 Å². The molecule has 1 N–H and O–H groups in total. The summed E-state index contributed by atoms with van der Waals surface area (Å²) in [6, 6.07) is 16.0. The number of anilines is 1. The summed E-state index contributed by atoms with van der Waals surface area (Å²) in [6.45, 7) is 4.91. The molecule has 1 aliphatic heterocycles. The summed E-state index contributed by atoms with van der Waals surface area (Å²) in [4.78, 5) is 27.3. The number of benzene rings is 2. The maximum Gasteiger partial charge on any atom is 0.266 e. The maximum atomic E-state index is 13.0. The number of rotatable bonds is 6. The van der Waals surface area contributed by atoms with Crippen molar-refractivity contribution in [3.63, 3.8) is 0 Å². The van der Waals surface area contributed by atoms with Crippen molar-refractivity contribution < 1.29 is 14.3 Å². The molecule has 2 aromatic carbocycles. The van der Waals surface area contributed by atoms with Gasteiger partial charge in [0, 0.05) is 12.6 Å². The lowest BCUT2D eigenvalue weighted by Gasteiger charge is -2.28. The first kappa shape index (κ1) is 18.5. The van der Waals surface area contributed by atoms with Gasteiger partial charge >= 0.3 is 0 Å². The third kappa shape index (κ3) is 4.03. The highest BCUT2D eigenvalue weighted by Crippen LogP contribution is 2.32. The molecule has 1 atom stereocenters. The topological polar surface area (TPSA) is 58.6 Å². The van der Waals surface area contributed by atoms with Gasteiger partial charge < -0.3 is 15.0 Å². The molecular weight excluding hydrogens is 352 g/mol. The van der Waals surface area contributed by atoms with Crippen molar-refractivity contribution in [2.24, 2.45) is 0 Å². The van der Waals surface area contributed by atoms with Gasteiger partial charge in [-0.25, -0.2) is 0 Å². The second kappa shape index (κ2) is 7.66. The van der Waals surface area contributed by atoms with Gasteiger partial charge in [-0.3, -0.25) is 9.59 Å². The van der Waals surface area contributed by atoms with E-state index in [0.717, 1.165) is 18.4 Å². The first-order valence-electron chi connectivity index (χ1n) is 9.96. The molecule has 0 saturated heterocycles. The van der Waals surface area contributed by atoms with Gasteiger partial charge in [0.1, 0.15) is 5.75 Å². The minimum absolute atomic E-state index is 0.0324. The molecule has 4 rings (SSSR count). The number of carbonyl (C=O) groups excluding carboxylic acids is 2. The molecule has 2 aliphatic rings.